The zero-order valence-corrected chi connectivity index (χ0v) is 19.4. The third-order valence-electron chi connectivity index (χ3n) is 6.29. The number of aromatic nitrogens is 1. The monoisotopic (exact) mass is 499 g/mol. The van der Waals surface area contributed by atoms with Crippen molar-refractivity contribution < 1.29 is 41.4 Å². The van der Waals surface area contributed by atoms with Crippen LogP contribution in [-0.2, 0) is 20.9 Å². The van der Waals surface area contributed by atoms with E-state index in [2.05, 4.69) is 10.3 Å². The highest BCUT2D eigenvalue weighted by molar-refractivity contribution is 5.97. The number of amides is 2. The van der Waals surface area contributed by atoms with Crippen LogP contribution in [0.3, 0.4) is 0 Å². The van der Waals surface area contributed by atoms with Crippen molar-refractivity contribution in [2.45, 2.75) is 44.3 Å². The lowest BCUT2D eigenvalue weighted by atomic mass is 9.76. The number of nitrogens with zero attached hydrogens (tertiary/aromatic N) is 1. The van der Waals surface area contributed by atoms with Crippen LogP contribution in [-0.4, -0.2) is 48.9 Å². The van der Waals surface area contributed by atoms with Crippen molar-refractivity contribution in [1.82, 2.24) is 4.98 Å². The predicted octanol–water partition coefficient (Wildman–Crippen LogP) is 3.55. The molecule has 1 saturated heterocycles. The molecular weight excluding hydrogens is 474 g/mol. The van der Waals surface area contributed by atoms with Gasteiger partial charge in [0.1, 0.15) is 23.4 Å². The summed E-state index contributed by atoms with van der Waals surface area (Å²) in [4.78, 5) is 28.4. The van der Waals surface area contributed by atoms with E-state index >= 15 is 0 Å². The molecule has 1 aromatic heterocycles. The van der Waals surface area contributed by atoms with Gasteiger partial charge in [0.15, 0.2) is 5.60 Å². The van der Waals surface area contributed by atoms with Crippen molar-refractivity contribution in [2.24, 2.45) is 11.7 Å². The average Bonchev–Trinajstić information content (AvgIpc) is 3.07. The molecule has 1 aliphatic rings. The Morgan fingerprint density at radius 2 is 1.94 bits per heavy atom. The average molecular weight is 499 g/mol. The van der Waals surface area contributed by atoms with Gasteiger partial charge in [-0.15, -0.1) is 0 Å². The minimum atomic E-state index is -4.82. The number of rotatable bonds is 7. The Labute approximate surface area is 198 Å². The van der Waals surface area contributed by atoms with E-state index in [-0.39, 0.29) is 34.9 Å². The van der Waals surface area contributed by atoms with E-state index in [1.165, 1.54) is 45.5 Å². The maximum Gasteiger partial charge on any atom is 0.417 e. The van der Waals surface area contributed by atoms with Gasteiger partial charge in [-0.25, -0.2) is 4.39 Å². The molecule has 1 aliphatic heterocycles. The Bertz CT molecular complexity index is 1130. The summed E-state index contributed by atoms with van der Waals surface area (Å²) >= 11 is 0. The van der Waals surface area contributed by atoms with Gasteiger partial charge in [0.05, 0.1) is 19.3 Å². The van der Waals surface area contributed by atoms with Crippen molar-refractivity contribution in [2.75, 3.05) is 19.5 Å². The Morgan fingerprint density at radius 1 is 1.26 bits per heavy atom. The first-order valence-electron chi connectivity index (χ1n) is 10.5. The van der Waals surface area contributed by atoms with E-state index in [0.717, 1.165) is 13.0 Å². The molecule has 1 fully saturated rings. The Kier molecular flexibility index (Phi) is 7.37. The number of alkyl halides is 3. The fourth-order valence-corrected chi connectivity index (χ4v) is 4.28. The molecule has 4 atom stereocenters. The van der Waals surface area contributed by atoms with Gasteiger partial charge in [-0.2, -0.15) is 13.2 Å². The molecule has 0 aliphatic carbocycles. The first kappa shape index (κ1) is 26.4. The molecule has 0 spiro atoms. The van der Waals surface area contributed by atoms with E-state index in [9.17, 15) is 27.2 Å². The lowest BCUT2D eigenvalue weighted by Gasteiger charge is -2.32. The Hall–Kier alpha value is -3.25. The van der Waals surface area contributed by atoms with Gasteiger partial charge in [-0.3, -0.25) is 14.6 Å². The molecule has 0 radical (unpaired) electrons. The van der Waals surface area contributed by atoms with Crippen LogP contribution in [0, 0.1) is 11.7 Å². The summed E-state index contributed by atoms with van der Waals surface area (Å²) in [5, 5.41) is 2.46. The zero-order valence-electron chi connectivity index (χ0n) is 19.4. The summed E-state index contributed by atoms with van der Waals surface area (Å²) in [7, 11) is 2.58. The molecule has 2 amide bonds. The summed E-state index contributed by atoms with van der Waals surface area (Å²) in [6, 6.07) is 4.89. The smallest absolute Gasteiger partial charge is 0.417 e. The summed E-state index contributed by atoms with van der Waals surface area (Å²) in [5.41, 5.74) is 2.60. The number of pyridine rings is 1. The van der Waals surface area contributed by atoms with Crippen LogP contribution in [0.2, 0.25) is 0 Å². The van der Waals surface area contributed by atoms with E-state index in [1.54, 1.807) is 0 Å². The van der Waals surface area contributed by atoms with Crippen molar-refractivity contribution in [3.05, 3.63) is 53.1 Å². The molecule has 8 nitrogen and oxygen atoms in total. The number of halogens is 4. The highest BCUT2D eigenvalue weighted by Gasteiger charge is 2.65. The molecule has 3 N–H and O–H groups in total. The molecule has 12 heteroatoms. The van der Waals surface area contributed by atoms with Crippen molar-refractivity contribution >= 4 is 17.5 Å². The number of ether oxygens (including phenoxy) is 3. The molecule has 0 unspecified atom stereocenters. The van der Waals surface area contributed by atoms with Crippen LogP contribution in [0.4, 0.5) is 23.2 Å². The van der Waals surface area contributed by atoms with Crippen LogP contribution in [0.1, 0.15) is 41.4 Å². The van der Waals surface area contributed by atoms with Crippen LogP contribution in [0.5, 0.6) is 5.75 Å². The summed E-state index contributed by atoms with van der Waals surface area (Å²) in [6.45, 7) is 1.97. The molecule has 0 saturated carbocycles. The van der Waals surface area contributed by atoms with Crippen molar-refractivity contribution in [3.8, 4) is 5.75 Å². The van der Waals surface area contributed by atoms with Gasteiger partial charge in [-0.1, -0.05) is 13.0 Å². The van der Waals surface area contributed by atoms with E-state index in [1.807, 2.05) is 0 Å². The van der Waals surface area contributed by atoms with Crippen LogP contribution in [0.15, 0.2) is 30.5 Å². The molecule has 35 heavy (non-hydrogen) atoms. The maximum absolute atomic E-state index is 14.5. The molecular formula is C23H25F4N3O5. The number of carbonyl (C=O) groups excluding carboxylic acids is 2. The second-order valence-electron chi connectivity index (χ2n) is 8.32. The van der Waals surface area contributed by atoms with Gasteiger partial charge in [0.25, 0.3) is 11.8 Å². The molecule has 1 aromatic carbocycles. The minimum Gasteiger partial charge on any atom is -0.496 e. The van der Waals surface area contributed by atoms with E-state index in [0.29, 0.717) is 0 Å². The number of primary amides is 1. The number of carbonyl (C=O) groups is 2. The molecule has 3 rings (SSSR count). The van der Waals surface area contributed by atoms with Gasteiger partial charge in [-0.05, 0) is 25.1 Å². The zero-order chi connectivity index (χ0) is 26.1. The number of anilines is 1. The highest BCUT2D eigenvalue weighted by atomic mass is 19.4. The number of nitrogens with two attached hydrogens (primary N) is 1. The Balaban J connectivity index is 2.10. The van der Waals surface area contributed by atoms with Gasteiger partial charge >= 0.3 is 6.18 Å². The van der Waals surface area contributed by atoms with Crippen molar-refractivity contribution in [3.63, 3.8) is 0 Å². The van der Waals surface area contributed by atoms with Crippen molar-refractivity contribution in [1.29, 1.82) is 0 Å². The fraction of sp³-hybridized carbons (Fsp3) is 0.435. The maximum atomic E-state index is 14.5. The Morgan fingerprint density at radius 3 is 2.51 bits per heavy atom. The second-order valence-corrected chi connectivity index (χ2v) is 8.32. The predicted molar refractivity (Wildman–Crippen MR) is 116 cm³/mol. The SMILES string of the molecule is COCc1c(F)ccc([C@@H]2[C@@H](C(=O)Nc3ccnc(C(N)=O)c3)O[C@](C)(C(F)(F)F)[C@@H]2C)c1OC. The largest absolute Gasteiger partial charge is 0.496 e. The second kappa shape index (κ2) is 9.78. The topological polar surface area (TPSA) is 113 Å². The van der Waals surface area contributed by atoms with Crippen LogP contribution in [0.25, 0.3) is 0 Å². The van der Waals surface area contributed by atoms with Gasteiger partial charge in [0.2, 0.25) is 0 Å². The summed E-state index contributed by atoms with van der Waals surface area (Å²) < 4.78 is 72.6. The molecule has 190 valence electrons. The first-order chi connectivity index (χ1) is 16.4. The number of benzene rings is 1. The third-order valence-corrected chi connectivity index (χ3v) is 6.29. The van der Waals surface area contributed by atoms with E-state index in [4.69, 9.17) is 19.9 Å². The molecule has 0 bridgehead atoms. The molecule has 2 aromatic rings. The fourth-order valence-electron chi connectivity index (χ4n) is 4.28. The first-order valence-corrected chi connectivity index (χ1v) is 10.5. The number of nitrogens with one attached hydrogen (secondary N) is 1. The van der Waals surface area contributed by atoms with Crippen LogP contribution < -0.4 is 15.8 Å². The molecule has 2 heterocycles. The summed E-state index contributed by atoms with van der Waals surface area (Å²) in [5.74, 6) is -4.91. The third kappa shape index (κ3) is 4.80. The lowest BCUT2D eigenvalue weighted by molar-refractivity contribution is -0.272. The number of hydrogen-bond acceptors (Lipinski definition) is 6. The van der Waals surface area contributed by atoms with E-state index < -0.39 is 47.3 Å². The van der Waals surface area contributed by atoms with Crippen LogP contribution >= 0.6 is 0 Å². The van der Waals surface area contributed by atoms with Gasteiger partial charge < -0.3 is 25.3 Å². The lowest BCUT2D eigenvalue weighted by Crippen LogP contribution is -2.47. The highest BCUT2D eigenvalue weighted by Crippen LogP contribution is 2.55. The van der Waals surface area contributed by atoms with Gasteiger partial charge in [0, 0.05) is 36.4 Å². The normalized spacial score (nSPS) is 24.3. The standard InChI is InChI=1S/C23H25F4N3O5/c1-11-17(13-5-6-15(24)14(10-33-3)18(13)34-4)19(35-22(11,2)23(25,26)27)21(32)30-12-7-8-29-16(9-12)20(28)31/h5-9,11,17,19H,10H2,1-4H3,(H2,28,31)(H,29,30,32)/t11-,17-,19+,22+/m1/s1. The quantitative estimate of drug-likeness (QED) is 0.564. The minimum absolute atomic E-state index is 0.000274. The number of hydrogen-bond donors (Lipinski definition) is 2. The number of methoxy groups -OCH3 is 2. The summed E-state index contributed by atoms with van der Waals surface area (Å²) in [6.07, 6.45) is -5.25.